The van der Waals surface area contributed by atoms with Crippen molar-refractivity contribution in [2.45, 2.75) is 20.3 Å². The van der Waals surface area contributed by atoms with Crippen molar-refractivity contribution >= 4 is 29.9 Å². The number of hydrogen-bond acceptors (Lipinski definition) is 5. The molecule has 2 N–H and O–H groups in total. The fourth-order valence-electron chi connectivity index (χ4n) is 2.54. The Morgan fingerprint density at radius 2 is 1.91 bits per heavy atom. The van der Waals surface area contributed by atoms with E-state index in [0.29, 0.717) is 0 Å². The number of aryl methyl sites for hydroxylation is 2. The molecular weight excluding hydrogens is 409 g/mol. The van der Waals surface area contributed by atoms with Gasteiger partial charge in [-0.2, -0.15) is 0 Å². The van der Waals surface area contributed by atoms with Gasteiger partial charge in [-0.3, -0.25) is 9.89 Å². The number of aromatic nitrogens is 1. The van der Waals surface area contributed by atoms with Gasteiger partial charge in [0.05, 0.1) is 18.9 Å². The molecule has 1 fully saturated rings. The first kappa shape index (κ1) is 20.2. The fourth-order valence-corrected chi connectivity index (χ4v) is 2.54. The summed E-state index contributed by atoms with van der Waals surface area (Å²) in [6.07, 6.45) is 0.880. The van der Waals surface area contributed by atoms with Crippen molar-refractivity contribution in [2.75, 3.05) is 53.0 Å². The van der Waals surface area contributed by atoms with Gasteiger partial charge in [-0.05, 0) is 20.3 Å². The van der Waals surface area contributed by atoms with Crippen LogP contribution >= 0.6 is 24.0 Å². The minimum Gasteiger partial charge on any atom is -0.379 e. The molecular formula is C15H28IN5O2. The van der Waals surface area contributed by atoms with Crippen LogP contribution in [-0.4, -0.2) is 69.0 Å². The molecule has 0 radical (unpaired) electrons. The Morgan fingerprint density at radius 1 is 1.22 bits per heavy atom. The van der Waals surface area contributed by atoms with E-state index in [-0.39, 0.29) is 24.0 Å². The summed E-state index contributed by atoms with van der Waals surface area (Å²) in [5, 5.41) is 10.6. The average molecular weight is 437 g/mol. The number of nitrogens with zero attached hydrogens (tertiary/aromatic N) is 3. The highest BCUT2D eigenvalue weighted by Crippen LogP contribution is 2.11. The Kier molecular flexibility index (Phi) is 9.49. The quantitative estimate of drug-likeness (QED) is 0.392. The van der Waals surface area contributed by atoms with Crippen LogP contribution in [0.5, 0.6) is 0 Å². The minimum atomic E-state index is 0. The van der Waals surface area contributed by atoms with Crippen molar-refractivity contribution in [3.05, 3.63) is 17.0 Å². The molecule has 23 heavy (non-hydrogen) atoms. The van der Waals surface area contributed by atoms with Gasteiger partial charge in [-0.1, -0.05) is 5.16 Å². The highest BCUT2D eigenvalue weighted by Gasteiger charge is 2.10. The third kappa shape index (κ3) is 6.64. The third-order valence-electron chi connectivity index (χ3n) is 3.90. The fraction of sp³-hybridized carbons (Fsp3) is 0.733. The SMILES string of the molecule is CN=C(NCCc1c(C)noc1C)NCCN1CCOCC1.I. The molecule has 1 aliphatic heterocycles. The molecule has 0 aliphatic carbocycles. The molecule has 1 aromatic rings. The van der Waals surface area contributed by atoms with Gasteiger partial charge in [0.25, 0.3) is 0 Å². The topological polar surface area (TPSA) is 74.9 Å². The summed E-state index contributed by atoms with van der Waals surface area (Å²) in [6.45, 7) is 10.3. The summed E-state index contributed by atoms with van der Waals surface area (Å²) in [7, 11) is 1.79. The first-order chi connectivity index (χ1) is 10.7. The lowest BCUT2D eigenvalue weighted by Gasteiger charge is -2.26. The van der Waals surface area contributed by atoms with E-state index in [2.05, 4.69) is 25.7 Å². The van der Waals surface area contributed by atoms with Gasteiger partial charge in [-0.25, -0.2) is 0 Å². The van der Waals surface area contributed by atoms with E-state index in [1.54, 1.807) is 7.05 Å². The molecule has 2 heterocycles. The van der Waals surface area contributed by atoms with Crippen LogP contribution in [0.4, 0.5) is 0 Å². The van der Waals surface area contributed by atoms with Crippen LogP contribution in [0.2, 0.25) is 0 Å². The number of halogens is 1. The smallest absolute Gasteiger partial charge is 0.191 e. The summed E-state index contributed by atoms with van der Waals surface area (Å²) in [6, 6.07) is 0. The molecule has 0 saturated carbocycles. The van der Waals surface area contributed by atoms with Crippen molar-refractivity contribution < 1.29 is 9.26 Å². The van der Waals surface area contributed by atoms with Crippen molar-refractivity contribution in [3.8, 4) is 0 Å². The number of hydrogen-bond donors (Lipinski definition) is 2. The van der Waals surface area contributed by atoms with E-state index >= 15 is 0 Å². The van der Waals surface area contributed by atoms with Crippen LogP contribution in [0, 0.1) is 13.8 Å². The highest BCUT2D eigenvalue weighted by molar-refractivity contribution is 14.0. The maximum atomic E-state index is 5.35. The van der Waals surface area contributed by atoms with Crippen molar-refractivity contribution in [2.24, 2.45) is 4.99 Å². The Hall–Kier alpha value is -0.870. The summed E-state index contributed by atoms with van der Waals surface area (Å²) < 4.78 is 10.5. The molecule has 2 rings (SSSR count). The average Bonchev–Trinajstić information content (AvgIpc) is 2.86. The zero-order valence-electron chi connectivity index (χ0n) is 14.2. The van der Waals surface area contributed by atoms with Gasteiger partial charge >= 0.3 is 0 Å². The monoisotopic (exact) mass is 437 g/mol. The van der Waals surface area contributed by atoms with Crippen LogP contribution in [0.25, 0.3) is 0 Å². The molecule has 0 amide bonds. The lowest BCUT2D eigenvalue weighted by molar-refractivity contribution is 0.0389. The standard InChI is InChI=1S/C15H27N5O2.HI/c1-12-14(13(2)22-19-12)4-5-17-15(16-3)18-6-7-20-8-10-21-11-9-20;/h4-11H2,1-3H3,(H2,16,17,18);1H. The summed E-state index contributed by atoms with van der Waals surface area (Å²) in [4.78, 5) is 6.64. The van der Waals surface area contributed by atoms with E-state index in [1.807, 2.05) is 13.8 Å². The van der Waals surface area contributed by atoms with E-state index in [9.17, 15) is 0 Å². The number of ether oxygens (including phenoxy) is 1. The molecule has 7 nitrogen and oxygen atoms in total. The van der Waals surface area contributed by atoms with Gasteiger partial charge in [-0.15, -0.1) is 24.0 Å². The summed E-state index contributed by atoms with van der Waals surface area (Å²) in [5.74, 6) is 1.73. The third-order valence-corrected chi connectivity index (χ3v) is 3.90. The Labute approximate surface area is 155 Å². The lowest BCUT2D eigenvalue weighted by Crippen LogP contribution is -2.44. The predicted octanol–water partition coefficient (Wildman–Crippen LogP) is 0.949. The number of aliphatic imine (C=N–C) groups is 1. The normalized spacial score (nSPS) is 16.0. The van der Waals surface area contributed by atoms with Crippen LogP contribution < -0.4 is 10.6 Å². The van der Waals surface area contributed by atoms with E-state index in [1.165, 1.54) is 5.56 Å². The number of morpholine rings is 1. The largest absolute Gasteiger partial charge is 0.379 e. The number of nitrogens with one attached hydrogen (secondary N) is 2. The second kappa shape index (κ2) is 10.8. The molecule has 1 aliphatic rings. The molecule has 132 valence electrons. The van der Waals surface area contributed by atoms with Crippen LogP contribution in [0.1, 0.15) is 17.0 Å². The predicted molar refractivity (Wildman–Crippen MR) is 102 cm³/mol. The van der Waals surface area contributed by atoms with Crippen molar-refractivity contribution in [1.82, 2.24) is 20.7 Å². The molecule has 0 aromatic carbocycles. The zero-order chi connectivity index (χ0) is 15.8. The van der Waals surface area contributed by atoms with Gasteiger partial charge in [0, 0.05) is 45.3 Å². The van der Waals surface area contributed by atoms with Crippen molar-refractivity contribution in [3.63, 3.8) is 0 Å². The van der Waals surface area contributed by atoms with Gasteiger partial charge in [0.1, 0.15) is 5.76 Å². The highest BCUT2D eigenvalue weighted by atomic mass is 127. The Bertz CT molecular complexity index is 467. The molecule has 0 unspecified atom stereocenters. The van der Waals surface area contributed by atoms with Gasteiger partial charge in [0.15, 0.2) is 5.96 Å². The van der Waals surface area contributed by atoms with E-state index in [4.69, 9.17) is 9.26 Å². The minimum absolute atomic E-state index is 0. The Balaban J connectivity index is 0.00000264. The first-order valence-electron chi connectivity index (χ1n) is 7.87. The maximum Gasteiger partial charge on any atom is 0.191 e. The van der Waals surface area contributed by atoms with Crippen LogP contribution in [-0.2, 0) is 11.2 Å². The van der Waals surface area contributed by atoms with Crippen LogP contribution in [0.15, 0.2) is 9.52 Å². The molecule has 0 atom stereocenters. The molecule has 0 spiro atoms. The van der Waals surface area contributed by atoms with E-state index < -0.39 is 0 Å². The number of guanidine groups is 1. The molecule has 8 heteroatoms. The van der Waals surface area contributed by atoms with Gasteiger partial charge < -0.3 is 19.9 Å². The first-order valence-corrected chi connectivity index (χ1v) is 7.87. The molecule has 0 bridgehead atoms. The van der Waals surface area contributed by atoms with E-state index in [0.717, 1.165) is 69.8 Å². The zero-order valence-corrected chi connectivity index (χ0v) is 16.6. The summed E-state index contributed by atoms with van der Waals surface area (Å²) in [5.41, 5.74) is 2.14. The molecule has 1 aromatic heterocycles. The second-order valence-corrected chi connectivity index (χ2v) is 5.43. The second-order valence-electron chi connectivity index (χ2n) is 5.43. The molecule has 1 saturated heterocycles. The summed E-state index contributed by atoms with van der Waals surface area (Å²) >= 11 is 0. The lowest BCUT2D eigenvalue weighted by atomic mass is 10.1. The van der Waals surface area contributed by atoms with Crippen LogP contribution in [0.3, 0.4) is 0 Å². The Morgan fingerprint density at radius 3 is 2.52 bits per heavy atom. The van der Waals surface area contributed by atoms with Crippen molar-refractivity contribution in [1.29, 1.82) is 0 Å². The maximum absolute atomic E-state index is 5.35. The number of rotatable bonds is 6. The van der Waals surface area contributed by atoms with Gasteiger partial charge in [0.2, 0.25) is 0 Å².